The monoisotopic (exact) mass is 460 g/mol. The molecule has 2 atom stereocenters. The number of aryl methyl sites for hydroxylation is 1. The van der Waals surface area contributed by atoms with E-state index >= 15 is 0 Å². The van der Waals surface area contributed by atoms with Crippen molar-refractivity contribution < 1.29 is 18.7 Å². The minimum Gasteiger partial charge on any atom is -0.506 e. The van der Waals surface area contributed by atoms with E-state index in [2.05, 4.69) is 4.98 Å². The van der Waals surface area contributed by atoms with Gasteiger partial charge in [0.15, 0.2) is 0 Å². The number of pyridine rings is 1. The maximum absolute atomic E-state index is 14.0. The van der Waals surface area contributed by atoms with Crippen molar-refractivity contribution in [3.63, 3.8) is 0 Å². The van der Waals surface area contributed by atoms with Crippen LogP contribution in [-0.4, -0.2) is 36.7 Å². The number of hydrogen-bond donors (Lipinski definition) is 1. The number of rotatable bonds is 2. The molecule has 2 aliphatic heterocycles. The topological polar surface area (TPSA) is 71.2 Å². The molecule has 1 N–H and O–H groups in total. The number of aromatic hydroxyl groups is 1. The van der Waals surface area contributed by atoms with E-state index in [1.54, 1.807) is 30.1 Å². The Morgan fingerprint density at radius 2 is 1.91 bits per heavy atom. The Morgan fingerprint density at radius 3 is 2.71 bits per heavy atom. The van der Waals surface area contributed by atoms with Crippen molar-refractivity contribution in [1.29, 1.82) is 0 Å². The van der Waals surface area contributed by atoms with Crippen molar-refractivity contribution in [2.75, 3.05) is 0 Å². The number of carbonyl (C=O) groups is 1. The second-order valence-electron chi connectivity index (χ2n) is 9.08. The predicted octanol–water partition coefficient (Wildman–Crippen LogP) is 4.91. The van der Waals surface area contributed by atoms with Crippen LogP contribution in [0.3, 0.4) is 0 Å². The van der Waals surface area contributed by atoms with Crippen LogP contribution in [0.5, 0.6) is 5.75 Å². The predicted molar refractivity (Wildman–Crippen MR) is 122 cm³/mol. The summed E-state index contributed by atoms with van der Waals surface area (Å²) in [5, 5.41) is 15.9. The summed E-state index contributed by atoms with van der Waals surface area (Å²) in [5.74, 6) is -1.46. The van der Waals surface area contributed by atoms with Crippen molar-refractivity contribution in [2.45, 2.75) is 37.8 Å². The van der Waals surface area contributed by atoms with Gasteiger partial charge in [-0.15, -0.1) is 0 Å². The van der Waals surface area contributed by atoms with Gasteiger partial charge in [0.25, 0.3) is 5.91 Å². The number of benzene rings is 2. The van der Waals surface area contributed by atoms with Crippen molar-refractivity contribution in [3.8, 4) is 17.0 Å². The molecule has 1 amide bonds. The molecular formula is C26H22F2N4O2. The van der Waals surface area contributed by atoms with Gasteiger partial charge < -0.3 is 10.0 Å². The molecule has 6 rings (SSSR count). The molecule has 2 bridgehead atoms. The first-order valence-corrected chi connectivity index (χ1v) is 11.3. The van der Waals surface area contributed by atoms with Gasteiger partial charge in [0.2, 0.25) is 0 Å². The number of carbonyl (C=O) groups excluding carboxylic acids is 1. The van der Waals surface area contributed by atoms with Crippen LogP contribution < -0.4 is 0 Å². The minimum absolute atomic E-state index is 0.0300. The summed E-state index contributed by atoms with van der Waals surface area (Å²) >= 11 is 0. The molecule has 2 aromatic heterocycles. The standard InChI is InChI=1S/C26H22F2N4O2/c1-31-25(15-9-17(27)12-18(28)10-15)20-13-19-5-2-6-21(24(20)30-31)32(19)26(34)16-8-14-4-3-7-29-23(14)22(33)11-16/h3-4,7-12,19,21,33H,2,5-6,13H2,1H3. The highest BCUT2D eigenvalue weighted by atomic mass is 19.1. The number of fused-ring (bicyclic) bond motifs is 5. The zero-order valence-corrected chi connectivity index (χ0v) is 18.5. The SMILES string of the molecule is Cn1nc2c(c1-c1cc(F)cc(F)c1)CC1CCCC2N1C(=O)c1cc(O)c2ncccc2c1. The normalized spacial score (nSPS) is 19.3. The number of halogens is 2. The highest BCUT2D eigenvalue weighted by Crippen LogP contribution is 2.45. The van der Waals surface area contributed by atoms with Crippen molar-refractivity contribution in [3.05, 3.63) is 77.1 Å². The molecule has 1 fully saturated rings. The third kappa shape index (κ3) is 3.16. The quantitative estimate of drug-likeness (QED) is 0.461. The Labute approximate surface area is 194 Å². The molecule has 0 saturated carbocycles. The molecule has 2 unspecified atom stereocenters. The van der Waals surface area contributed by atoms with Crippen LogP contribution in [0, 0.1) is 11.6 Å². The van der Waals surface area contributed by atoms with E-state index in [4.69, 9.17) is 5.10 Å². The molecule has 0 radical (unpaired) electrons. The van der Waals surface area contributed by atoms with Gasteiger partial charge in [0, 0.05) is 47.4 Å². The van der Waals surface area contributed by atoms with Crippen LogP contribution in [-0.2, 0) is 13.5 Å². The van der Waals surface area contributed by atoms with Crippen LogP contribution in [0.2, 0.25) is 0 Å². The van der Waals surface area contributed by atoms with E-state index in [1.807, 2.05) is 11.0 Å². The van der Waals surface area contributed by atoms with Crippen LogP contribution >= 0.6 is 0 Å². The Morgan fingerprint density at radius 1 is 1.12 bits per heavy atom. The molecule has 0 spiro atoms. The number of hydrogen-bond acceptors (Lipinski definition) is 4. The maximum atomic E-state index is 14.0. The molecular weight excluding hydrogens is 438 g/mol. The van der Waals surface area contributed by atoms with Gasteiger partial charge in [-0.1, -0.05) is 6.07 Å². The fourth-order valence-electron chi connectivity index (χ4n) is 5.65. The zero-order valence-electron chi connectivity index (χ0n) is 18.5. The Kier molecular flexibility index (Phi) is 4.65. The second kappa shape index (κ2) is 7.62. The van der Waals surface area contributed by atoms with Gasteiger partial charge in [-0.3, -0.25) is 14.5 Å². The van der Waals surface area contributed by atoms with E-state index in [0.717, 1.165) is 36.6 Å². The second-order valence-corrected chi connectivity index (χ2v) is 9.08. The van der Waals surface area contributed by atoms with Crippen molar-refractivity contribution in [2.24, 2.45) is 7.05 Å². The molecule has 4 aromatic rings. The van der Waals surface area contributed by atoms with E-state index in [0.29, 0.717) is 34.1 Å². The molecule has 1 saturated heterocycles. The summed E-state index contributed by atoms with van der Waals surface area (Å²) in [7, 11) is 1.76. The molecule has 34 heavy (non-hydrogen) atoms. The first kappa shape index (κ1) is 20.8. The van der Waals surface area contributed by atoms with Crippen LogP contribution in [0.15, 0.2) is 48.7 Å². The molecule has 0 aliphatic carbocycles. The maximum Gasteiger partial charge on any atom is 0.254 e. The molecule has 6 nitrogen and oxygen atoms in total. The summed E-state index contributed by atoms with van der Waals surface area (Å²) in [6, 6.07) is 10.0. The number of piperidine rings is 1. The van der Waals surface area contributed by atoms with Gasteiger partial charge in [-0.05, 0) is 56.0 Å². The summed E-state index contributed by atoms with van der Waals surface area (Å²) < 4.78 is 29.6. The highest BCUT2D eigenvalue weighted by Gasteiger charge is 2.43. The Bertz CT molecular complexity index is 1440. The van der Waals surface area contributed by atoms with Crippen LogP contribution in [0.1, 0.15) is 46.9 Å². The van der Waals surface area contributed by atoms with Gasteiger partial charge in [-0.2, -0.15) is 5.10 Å². The fourth-order valence-corrected chi connectivity index (χ4v) is 5.65. The summed E-state index contributed by atoms with van der Waals surface area (Å²) in [4.78, 5) is 19.8. The molecule has 2 aliphatic rings. The van der Waals surface area contributed by atoms with Gasteiger partial charge >= 0.3 is 0 Å². The minimum atomic E-state index is -0.636. The lowest BCUT2D eigenvalue weighted by Gasteiger charge is -2.45. The Balaban J connectivity index is 1.44. The van der Waals surface area contributed by atoms with Crippen molar-refractivity contribution in [1.82, 2.24) is 19.7 Å². The van der Waals surface area contributed by atoms with E-state index in [-0.39, 0.29) is 23.7 Å². The third-order valence-corrected chi connectivity index (χ3v) is 6.98. The lowest BCUT2D eigenvalue weighted by atomic mass is 9.81. The number of aromatic nitrogens is 3. The number of phenolic OH excluding ortho intramolecular Hbond substituents is 1. The lowest BCUT2D eigenvalue weighted by Crippen LogP contribution is -2.49. The first-order valence-electron chi connectivity index (χ1n) is 11.3. The van der Waals surface area contributed by atoms with Gasteiger partial charge in [0.1, 0.15) is 22.9 Å². The smallest absolute Gasteiger partial charge is 0.254 e. The lowest BCUT2D eigenvalue weighted by molar-refractivity contribution is 0.0391. The summed E-state index contributed by atoms with van der Waals surface area (Å²) in [6.07, 6.45) is 4.70. The fraction of sp³-hybridized carbons (Fsp3) is 0.269. The average Bonchev–Trinajstić information content (AvgIpc) is 3.13. The average molecular weight is 460 g/mol. The number of phenols is 1. The molecule has 2 aromatic carbocycles. The largest absolute Gasteiger partial charge is 0.506 e. The van der Waals surface area contributed by atoms with Gasteiger partial charge in [0.05, 0.1) is 17.4 Å². The molecule has 8 heteroatoms. The first-order chi connectivity index (χ1) is 16.4. The molecule has 4 heterocycles. The van der Waals surface area contributed by atoms with Crippen LogP contribution in [0.4, 0.5) is 8.78 Å². The summed E-state index contributed by atoms with van der Waals surface area (Å²) in [5.41, 5.74) is 3.71. The van der Waals surface area contributed by atoms with E-state index in [1.165, 1.54) is 18.2 Å². The zero-order chi connectivity index (χ0) is 23.6. The van der Waals surface area contributed by atoms with E-state index < -0.39 is 11.6 Å². The number of amides is 1. The summed E-state index contributed by atoms with van der Waals surface area (Å²) in [6.45, 7) is 0. The van der Waals surface area contributed by atoms with Crippen LogP contribution in [0.25, 0.3) is 22.2 Å². The van der Waals surface area contributed by atoms with Crippen molar-refractivity contribution >= 4 is 16.8 Å². The Hall–Kier alpha value is -3.81. The van der Waals surface area contributed by atoms with E-state index in [9.17, 15) is 18.7 Å². The number of nitrogens with zero attached hydrogens (tertiary/aromatic N) is 4. The highest BCUT2D eigenvalue weighted by molar-refractivity contribution is 6.00. The van der Waals surface area contributed by atoms with Gasteiger partial charge in [-0.25, -0.2) is 8.78 Å². The third-order valence-electron chi connectivity index (χ3n) is 6.98. The molecule has 172 valence electrons.